The van der Waals surface area contributed by atoms with Crippen LogP contribution in [0.15, 0.2) is 0 Å². The molecule has 0 aliphatic carbocycles. The van der Waals surface area contributed by atoms with Crippen molar-refractivity contribution < 1.29 is 15.6 Å². The van der Waals surface area contributed by atoms with Gasteiger partial charge in [0.05, 0.1) is 0 Å². The van der Waals surface area contributed by atoms with E-state index >= 15 is 0 Å². The molecule has 0 bridgehead atoms. The predicted octanol–water partition coefficient (Wildman–Crippen LogP) is -2.11. The van der Waals surface area contributed by atoms with Crippen LogP contribution in [0.3, 0.4) is 0 Å². The maximum atomic E-state index is 8.46. The van der Waals surface area contributed by atoms with Crippen LogP contribution in [0.5, 0.6) is 0 Å². The highest BCUT2D eigenvalue weighted by Crippen LogP contribution is 1.29. The van der Waals surface area contributed by atoms with Gasteiger partial charge in [0.15, 0.2) is 0 Å². The maximum Gasteiger partial charge on any atom is 0.420 e. The first-order valence-electron chi connectivity index (χ1n) is 1.61. The zero-order chi connectivity index (χ0) is 10.1. The summed E-state index contributed by atoms with van der Waals surface area (Å²) in [7, 11) is 0. The van der Waals surface area contributed by atoms with Crippen molar-refractivity contribution in [1.82, 2.24) is 0 Å². The van der Waals surface area contributed by atoms with Crippen LogP contribution < -0.4 is 10.8 Å². The molecule has 7 nitrogen and oxygen atoms in total. The Hall–Kier alpha value is -2.02. The van der Waals surface area contributed by atoms with Crippen molar-refractivity contribution in [3.05, 3.63) is 22.5 Å². The summed E-state index contributed by atoms with van der Waals surface area (Å²) in [5.41, 5.74) is 13.5. The van der Waals surface area contributed by atoms with Gasteiger partial charge in [0.25, 0.3) is 0 Å². The molecular formula is C3H4N6OS. The van der Waals surface area contributed by atoms with Crippen LogP contribution in [-0.4, -0.2) is 11.2 Å². The number of nitrogens with zero attached hydrogens (tertiary/aromatic N) is 4. The number of isocyanates is 1. The zero-order valence-electron chi connectivity index (χ0n) is 5.26. The van der Waals surface area contributed by atoms with Gasteiger partial charge in [-0.2, -0.15) is 10.2 Å². The van der Waals surface area contributed by atoms with Gasteiger partial charge >= 0.3 is 6.08 Å². The van der Waals surface area contributed by atoms with Crippen LogP contribution in [-0.2, 0) is 4.79 Å². The summed E-state index contributed by atoms with van der Waals surface area (Å²) in [5, 5.41) is 16.5. The SMILES string of the molecule is [C-]#N.[N-]=[N+]=[N-].[NH2+]=C=O.[NH2+]=C=S. The largest absolute Gasteiger partial charge is 0.512 e. The molecule has 4 N–H and O–H groups in total. The molecule has 0 unspecified atom stereocenters. The Morgan fingerprint density at radius 2 is 1.45 bits per heavy atom. The molecule has 0 aromatic rings. The Bertz CT molecular complexity index is 139. The summed E-state index contributed by atoms with van der Waals surface area (Å²) >= 11 is 3.92. The monoisotopic (exact) mass is 172 g/mol. The van der Waals surface area contributed by atoms with Gasteiger partial charge in [-0.3, -0.25) is 4.91 Å². The predicted molar refractivity (Wildman–Crippen MR) is 37.2 cm³/mol. The number of hydrogen-bond acceptors (Lipinski definition) is 3. The van der Waals surface area contributed by atoms with Crippen molar-refractivity contribution in [2.45, 2.75) is 0 Å². The normalized spacial score (nSPS) is 2.36. The standard InChI is InChI=1S/CHNO.CHNS.CN.N3/c2*2-1-3;1-2;1-3-2/h2*2H;;/q;;2*-1/p+2. The number of carbonyl (C=O) groups excluding carboxylic acids is 1. The lowest BCUT2D eigenvalue weighted by Gasteiger charge is -1.31. The van der Waals surface area contributed by atoms with E-state index in [-0.39, 0.29) is 0 Å². The van der Waals surface area contributed by atoms with E-state index in [0.29, 0.717) is 0 Å². The summed E-state index contributed by atoms with van der Waals surface area (Å²) in [6.07, 6.45) is 1.00. The Labute approximate surface area is 67.7 Å². The molecule has 0 saturated heterocycles. The van der Waals surface area contributed by atoms with Gasteiger partial charge < -0.3 is 22.9 Å². The third-order valence-corrected chi connectivity index (χ3v) is 0. The van der Waals surface area contributed by atoms with Gasteiger partial charge in [0.2, 0.25) is 5.16 Å². The first kappa shape index (κ1) is 23.1. The number of nitrogens with two attached hydrogens (primary N) is 2. The molecule has 8 heteroatoms. The number of rotatable bonds is 0. The average molecular weight is 172 g/mol. The topological polar surface area (TPSA) is 151 Å². The van der Waals surface area contributed by atoms with Crippen molar-refractivity contribution in [1.29, 1.82) is 5.26 Å². The van der Waals surface area contributed by atoms with Gasteiger partial charge in [0, 0.05) is 12.2 Å². The molecule has 0 amide bonds. The lowest BCUT2D eigenvalue weighted by molar-refractivity contribution is -0.111. The molecule has 0 spiro atoms. The first-order chi connectivity index (χ1) is 5.24. The molecule has 0 aromatic carbocycles. The first-order valence-corrected chi connectivity index (χ1v) is 2.02. The van der Waals surface area contributed by atoms with Crippen molar-refractivity contribution in [2.24, 2.45) is 0 Å². The van der Waals surface area contributed by atoms with Crippen LogP contribution in [0.1, 0.15) is 0 Å². The fourth-order valence-electron chi connectivity index (χ4n) is 0. The quantitative estimate of drug-likeness (QED) is 0.0817. The molecule has 0 aliphatic rings. The molecular weight excluding hydrogens is 168 g/mol. The van der Waals surface area contributed by atoms with E-state index in [1.807, 2.05) is 5.16 Å². The number of isothiocyanates is 1. The number of hydrogen-bond donors (Lipinski definition) is 2. The molecule has 0 radical (unpaired) electrons. The lowest BCUT2D eigenvalue weighted by atomic mass is 11.7. The van der Waals surface area contributed by atoms with Crippen molar-refractivity contribution in [2.75, 3.05) is 0 Å². The van der Waals surface area contributed by atoms with E-state index in [1.165, 1.54) is 4.91 Å². The minimum absolute atomic E-state index is 1.00. The maximum absolute atomic E-state index is 8.46. The Kier molecular flexibility index (Phi) is 849. The van der Waals surface area contributed by atoms with Gasteiger partial charge in [-0.1, -0.05) is 0 Å². The molecule has 0 rings (SSSR count). The van der Waals surface area contributed by atoms with Crippen molar-refractivity contribution in [3.8, 4) is 0 Å². The van der Waals surface area contributed by atoms with Gasteiger partial charge in [-0.25, -0.2) is 5.41 Å². The molecule has 58 valence electrons. The van der Waals surface area contributed by atoms with Crippen LogP contribution in [0.2, 0.25) is 0 Å². The van der Waals surface area contributed by atoms with Crippen molar-refractivity contribution in [3.63, 3.8) is 0 Å². The summed E-state index contributed by atoms with van der Waals surface area (Å²) in [5.74, 6) is 0. The average Bonchev–Trinajstić information content (AvgIpc) is 1.96. The highest BCUT2D eigenvalue weighted by atomic mass is 32.1. The molecule has 0 aliphatic heterocycles. The second-order valence-electron chi connectivity index (χ2n) is 0.325. The fraction of sp³-hybridized carbons (Fsp3) is 0. The second kappa shape index (κ2) is 405. The van der Waals surface area contributed by atoms with Gasteiger partial charge in [-0.05, 0) is 0 Å². The van der Waals surface area contributed by atoms with E-state index in [1.54, 1.807) is 0 Å². The third kappa shape index (κ3) is 69.9. The molecule has 0 saturated carbocycles. The van der Waals surface area contributed by atoms with E-state index in [2.05, 4.69) is 23.0 Å². The van der Waals surface area contributed by atoms with E-state index in [4.69, 9.17) is 27.7 Å². The second-order valence-corrected chi connectivity index (χ2v) is 0.561. The minimum atomic E-state index is 1.00. The molecule has 0 fully saturated rings. The van der Waals surface area contributed by atoms with Crippen LogP contribution >= 0.6 is 12.2 Å². The van der Waals surface area contributed by atoms with Crippen LogP contribution in [0.25, 0.3) is 16.0 Å². The third-order valence-electron chi connectivity index (χ3n) is 0. The molecule has 0 heterocycles. The highest BCUT2D eigenvalue weighted by molar-refractivity contribution is 7.78. The van der Waals surface area contributed by atoms with E-state index in [9.17, 15) is 0 Å². The molecule has 11 heavy (non-hydrogen) atoms. The van der Waals surface area contributed by atoms with Gasteiger partial charge in [-0.15, -0.1) is 0 Å². The Morgan fingerprint density at radius 1 is 1.45 bits per heavy atom. The van der Waals surface area contributed by atoms with Gasteiger partial charge in [0.1, 0.15) is 0 Å². The van der Waals surface area contributed by atoms with E-state index < -0.39 is 0 Å². The Balaban J connectivity index is -0.0000000301. The zero-order valence-corrected chi connectivity index (χ0v) is 6.08. The van der Waals surface area contributed by atoms with Crippen molar-refractivity contribution >= 4 is 23.5 Å². The molecule has 0 atom stereocenters. The summed E-state index contributed by atoms with van der Waals surface area (Å²) in [4.78, 5) is 9.96. The Morgan fingerprint density at radius 3 is 1.45 bits per heavy atom. The summed E-state index contributed by atoms with van der Waals surface area (Å²) < 4.78 is 0. The highest BCUT2D eigenvalue weighted by Gasteiger charge is 1.17. The van der Waals surface area contributed by atoms with Crippen LogP contribution in [0.4, 0.5) is 0 Å². The lowest BCUT2D eigenvalue weighted by Crippen LogP contribution is -2.24. The fourth-order valence-corrected chi connectivity index (χ4v) is 0. The summed E-state index contributed by atoms with van der Waals surface area (Å²) in [6.45, 7) is 4.75. The minimum Gasteiger partial charge on any atom is -0.512 e. The molecule has 0 aromatic heterocycles. The smallest absolute Gasteiger partial charge is 0.420 e. The van der Waals surface area contributed by atoms with E-state index in [0.717, 1.165) is 6.08 Å². The summed E-state index contributed by atoms with van der Waals surface area (Å²) in [6, 6.07) is 0. The van der Waals surface area contributed by atoms with Crippen LogP contribution in [0, 0.1) is 11.8 Å². The number of thiocarbonyl (C=S) groups is 1.